The zero-order chi connectivity index (χ0) is 12.1. The van der Waals surface area contributed by atoms with Gasteiger partial charge >= 0.3 is 0 Å². The van der Waals surface area contributed by atoms with Gasteiger partial charge in [0, 0.05) is 31.7 Å². The maximum Gasteiger partial charge on any atom is 0.236 e. The standard InChI is InChI=1S/C13H24N2O2/c16-11-13(5-6-13)10-14-9-12(17)15-7-3-1-2-4-8-15/h14,16H,1-11H2. The molecule has 1 saturated carbocycles. The first-order valence-corrected chi connectivity index (χ1v) is 6.85. The van der Waals surface area contributed by atoms with E-state index in [1.54, 1.807) is 0 Å². The Hall–Kier alpha value is -0.610. The fourth-order valence-electron chi connectivity index (χ4n) is 2.43. The van der Waals surface area contributed by atoms with E-state index in [0.29, 0.717) is 6.54 Å². The van der Waals surface area contributed by atoms with Crippen molar-refractivity contribution in [3.05, 3.63) is 0 Å². The second-order valence-corrected chi connectivity index (χ2v) is 5.56. The molecule has 4 nitrogen and oxygen atoms in total. The highest BCUT2D eigenvalue weighted by atomic mass is 16.3. The number of amides is 1. The van der Waals surface area contributed by atoms with Crippen LogP contribution < -0.4 is 5.32 Å². The van der Waals surface area contributed by atoms with Gasteiger partial charge < -0.3 is 15.3 Å². The third-order valence-electron chi connectivity index (χ3n) is 4.03. The van der Waals surface area contributed by atoms with Crippen molar-refractivity contribution >= 4 is 5.91 Å². The lowest BCUT2D eigenvalue weighted by molar-refractivity contribution is -0.130. The van der Waals surface area contributed by atoms with Crippen LogP contribution in [0.3, 0.4) is 0 Å². The van der Waals surface area contributed by atoms with E-state index >= 15 is 0 Å². The molecule has 0 bridgehead atoms. The molecule has 2 aliphatic rings. The van der Waals surface area contributed by atoms with Crippen molar-refractivity contribution < 1.29 is 9.90 Å². The number of nitrogens with one attached hydrogen (secondary N) is 1. The minimum atomic E-state index is 0.0963. The third-order valence-corrected chi connectivity index (χ3v) is 4.03. The fraction of sp³-hybridized carbons (Fsp3) is 0.923. The number of hydrogen-bond acceptors (Lipinski definition) is 3. The first-order chi connectivity index (χ1) is 8.26. The summed E-state index contributed by atoms with van der Waals surface area (Å²) in [5.74, 6) is 0.223. The number of aliphatic hydroxyl groups excluding tert-OH is 1. The first-order valence-electron chi connectivity index (χ1n) is 6.85. The van der Waals surface area contributed by atoms with Crippen molar-refractivity contribution in [3.8, 4) is 0 Å². The number of carbonyl (C=O) groups is 1. The molecule has 0 spiro atoms. The van der Waals surface area contributed by atoms with Crippen molar-refractivity contribution in [1.29, 1.82) is 0 Å². The molecular weight excluding hydrogens is 216 g/mol. The molecule has 0 radical (unpaired) electrons. The molecular formula is C13H24N2O2. The van der Waals surface area contributed by atoms with Crippen LogP contribution >= 0.6 is 0 Å². The third kappa shape index (κ3) is 3.68. The predicted octanol–water partition coefficient (Wildman–Crippen LogP) is 0.751. The minimum Gasteiger partial charge on any atom is -0.396 e. The zero-order valence-electron chi connectivity index (χ0n) is 10.6. The molecule has 2 fully saturated rings. The van der Waals surface area contributed by atoms with Gasteiger partial charge in [-0.1, -0.05) is 12.8 Å². The molecule has 0 aromatic rings. The van der Waals surface area contributed by atoms with Crippen LogP contribution in [-0.4, -0.2) is 48.7 Å². The predicted molar refractivity (Wildman–Crippen MR) is 66.7 cm³/mol. The normalized spacial score (nSPS) is 23.2. The Bertz CT molecular complexity index is 256. The summed E-state index contributed by atoms with van der Waals surface area (Å²) in [4.78, 5) is 13.9. The highest BCUT2D eigenvalue weighted by Crippen LogP contribution is 2.44. The van der Waals surface area contributed by atoms with Crippen LogP contribution in [-0.2, 0) is 4.79 Å². The maximum atomic E-state index is 11.9. The molecule has 4 heteroatoms. The summed E-state index contributed by atoms with van der Waals surface area (Å²) >= 11 is 0. The van der Waals surface area contributed by atoms with E-state index in [4.69, 9.17) is 0 Å². The van der Waals surface area contributed by atoms with E-state index in [1.165, 1.54) is 12.8 Å². The first kappa shape index (κ1) is 12.8. The molecule has 0 aromatic carbocycles. The summed E-state index contributed by atoms with van der Waals surface area (Å²) in [6.07, 6.45) is 6.98. The Labute approximate surface area is 103 Å². The van der Waals surface area contributed by atoms with Gasteiger partial charge in [0.05, 0.1) is 6.54 Å². The lowest BCUT2D eigenvalue weighted by Crippen LogP contribution is -2.40. The molecule has 1 heterocycles. The van der Waals surface area contributed by atoms with E-state index in [1.807, 2.05) is 4.90 Å². The Kier molecular flexibility index (Phi) is 4.40. The Morgan fingerprint density at radius 2 is 1.82 bits per heavy atom. The van der Waals surface area contributed by atoms with Gasteiger partial charge in [-0.15, -0.1) is 0 Å². The number of carbonyl (C=O) groups excluding carboxylic acids is 1. The second kappa shape index (κ2) is 5.83. The van der Waals surface area contributed by atoms with Gasteiger partial charge in [-0.25, -0.2) is 0 Å². The Morgan fingerprint density at radius 3 is 2.35 bits per heavy atom. The summed E-state index contributed by atoms with van der Waals surface area (Å²) in [5, 5.41) is 12.4. The van der Waals surface area contributed by atoms with Gasteiger partial charge in [0.25, 0.3) is 0 Å². The van der Waals surface area contributed by atoms with Crippen molar-refractivity contribution in [2.24, 2.45) is 5.41 Å². The summed E-state index contributed by atoms with van der Waals surface area (Å²) in [7, 11) is 0. The van der Waals surface area contributed by atoms with Crippen LogP contribution in [0.25, 0.3) is 0 Å². The average molecular weight is 240 g/mol. The average Bonchev–Trinajstić information content (AvgIpc) is 3.13. The zero-order valence-corrected chi connectivity index (χ0v) is 10.6. The summed E-state index contributed by atoms with van der Waals surface area (Å²) in [6.45, 7) is 3.31. The van der Waals surface area contributed by atoms with Crippen LogP contribution in [0.15, 0.2) is 0 Å². The summed E-state index contributed by atoms with van der Waals surface area (Å²) in [6, 6.07) is 0. The lowest BCUT2D eigenvalue weighted by Gasteiger charge is -2.21. The van der Waals surface area contributed by atoms with E-state index in [9.17, 15) is 9.90 Å². The summed E-state index contributed by atoms with van der Waals surface area (Å²) < 4.78 is 0. The molecule has 1 saturated heterocycles. The number of hydrogen-bond donors (Lipinski definition) is 2. The summed E-state index contributed by atoms with van der Waals surface area (Å²) in [5.41, 5.74) is 0.0963. The van der Waals surface area contributed by atoms with Crippen LogP contribution in [0, 0.1) is 5.41 Å². The maximum absolute atomic E-state index is 11.9. The van der Waals surface area contributed by atoms with Crippen molar-refractivity contribution in [1.82, 2.24) is 10.2 Å². The van der Waals surface area contributed by atoms with E-state index in [0.717, 1.165) is 45.3 Å². The highest BCUT2D eigenvalue weighted by Gasteiger charge is 2.41. The minimum absolute atomic E-state index is 0.0963. The smallest absolute Gasteiger partial charge is 0.236 e. The quantitative estimate of drug-likeness (QED) is 0.745. The van der Waals surface area contributed by atoms with Crippen molar-refractivity contribution in [2.45, 2.75) is 38.5 Å². The molecule has 98 valence electrons. The van der Waals surface area contributed by atoms with Gasteiger partial charge in [0.1, 0.15) is 0 Å². The van der Waals surface area contributed by atoms with Gasteiger partial charge in [-0.05, 0) is 25.7 Å². The Morgan fingerprint density at radius 1 is 1.18 bits per heavy atom. The molecule has 2 N–H and O–H groups in total. The largest absolute Gasteiger partial charge is 0.396 e. The van der Waals surface area contributed by atoms with E-state index in [2.05, 4.69) is 5.32 Å². The van der Waals surface area contributed by atoms with E-state index in [-0.39, 0.29) is 17.9 Å². The number of aliphatic hydroxyl groups is 1. The number of rotatable bonds is 5. The second-order valence-electron chi connectivity index (χ2n) is 5.56. The molecule has 0 atom stereocenters. The van der Waals surface area contributed by atoms with Gasteiger partial charge in [0.15, 0.2) is 0 Å². The Balaban J connectivity index is 1.65. The topological polar surface area (TPSA) is 52.6 Å². The fourth-order valence-corrected chi connectivity index (χ4v) is 2.43. The van der Waals surface area contributed by atoms with Gasteiger partial charge in [0.2, 0.25) is 5.91 Å². The molecule has 17 heavy (non-hydrogen) atoms. The molecule has 2 rings (SSSR count). The SMILES string of the molecule is O=C(CNCC1(CO)CC1)N1CCCCCC1. The molecule has 1 aliphatic heterocycles. The molecule has 1 aliphatic carbocycles. The molecule has 0 unspecified atom stereocenters. The van der Waals surface area contributed by atoms with Crippen LogP contribution in [0.2, 0.25) is 0 Å². The van der Waals surface area contributed by atoms with Gasteiger partial charge in [-0.3, -0.25) is 4.79 Å². The van der Waals surface area contributed by atoms with E-state index < -0.39 is 0 Å². The van der Waals surface area contributed by atoms with Crippen LogP contribution in [0.1, 0.15) is 38.5 Å². The number of nitrogens with zero attached hydrogens (tertiary/aromatic N) is 1. The lowest BCUT2D eigenvalue weighted by atomic mass is 10.1. The van der Waals surface area contributed by atoms with Crippen LogP contribution in [0.5, 0.6) is 0 Å². The van der Waals surface area contributed by atoms with Gasteiger partial charge in [-0.2, -0.15) is 0 Å². The highest BCUT2D eigenvalue weighted by molar-refractivity contribution is 5.78. The monoisotopic (exact) mass is 240 g/mol. The van der Waals surface area contributed by atoms with Crippen molar-refractivity contribution in [2.75, 3.05) is 32.8 Å². The number of likely N-dealkylation sites (tertiary alicyclic amines) is 1. The van der Waals surface area contributed by atoms with Crippen molar-refractivity contribution in [3.63, 3.8) is 0 Å². The molecule has 0 aromatic heterocycles. The molecule has 1 amide bonds. The van der Waals surface area contributed by atoms with Crippen LogP contribution in [0.4, 0.5) is 0 Å².